The molecule has 0 atom stereocenters. The van der Waals surface area contributed by atoms with Crippen molar-refractivity contribution < 1.29 is 9.53 Å². The van der Waals surface area contributed by atoms with Crippen LogP contribution in [0.3, 0.4) is 0 Å². The Labute approximate surface area is 146 Å². The fourth-order valence-corrected chi connectivity index (χ4v) is 2.74. The van der Waals surface area contributed by atoms with Gasteiger partial charge in [0.05, 0.1) is 17.2 Å². The summed E-state index contributed by atoms with van der Waals surface area (Å²) < 4.78 is 5.20. The molecule has 0 spiro atoms. The topological polar surface area (TPSA) is 38.3 Å². The van der Waals surface area contributed by atoms with Crippen LogP contribution in [-0.4, -0.2) is 13.0 Å². The molecule has 0 bridgehead atoms. The van der Waals surface area contributed by atoms with Crippen molar-refractivity contribution in [1.82, 2.24) is 0 Å². The molecule has 0 saturated heterocycles. The van der Waals surface area contributed by atoms with Crippen molar-refractivity contribution in [3.8, 4) is 5.75 Å². The molecule has 23 heavy (non-hydrogen) atoms. The number of carbonyl (C=O) groups is 1. The van der Waals surface area contributed by atoms with Crippen molar-refractivity contribution in [3.05, 3.63) is 57.6 Å². The van der Waals surface area contributed by atoms with Gasteiger partial charge in [-0.1, -0.05) is 48.7 Å². The van der Waals surface area contributed by atoms with Gasteiger partial charge in [-0.25, -0.2) is 0 Å². The predicted octanol–water partition coefficient (Wildman–Crippen LogP) is 5.60. The van der Waals surface area contributed by atoms with E-state index in [1.807, 2.05) is 24.3 Å². The minimum atomic E-state index is -0.351. The monoisotopic (exact) mass is 351 g/mol. The number of hydrogen-bond acceptors (Lipinski definition) is 2. The van der Waals surface area contributed by atoms with Gasteiger partial charge in [-0.05, 0) is 42.7 Å². The van der Waals surface area contributed by atoms with Gasteiger partial charge in [0.2, 0.25) is 0 Å². The van der Waals surface area contributed by atoms with Gasteiger partial charge in [0.1, 0.15) is 5.56 Å². The van der Waals surface area contributed by atoms with Gasteiger partial charge in [-0.2, -0.15) is 0 Å². The lowest BCUT2D eigenvalue weighted by atomic mass is 10.1. The Morgan fingerprint density at radius 3 is 2.35 bits per heavy atom. The molecule has 0 aromatic heterocycles. The van der Waals surface area contributed by atoms with Gasteiger partial charge in [0.25, 0.3) is 5.91 Å². The van der Waals surface area contributed by atoms with E-state index in [2.05, 4.69) is 12.2 Å². The first-order valence-corrected chi connectivity index (χ1v) is 8.24. The smallest absolute Gasteiger partial charge is 0.261 e. The van der Waals surface area contributed by atoms with Crippen LogP contribution in [0, 0.1) is 0 Å². The molecule has 122 valence electrons. The minimum absolute atomic E-state index is 0.233. The van der Waals surface area contributed by atoms with Gasteiger partial charge < -0.3 is 10.1 Å². The van der Waals surface area contributed by atoms with Crippen molar-refractivity contribution >= 4 is 34.8 Å². The standard InChI is InChI=1S/C18H19Cl2NO2/c1-3-4-5-12-6-8-13(9-7-12)21-18(22)16-14(19)10-11-15(20)17(16)23-2/h6-11H,3-5H2,1-2H3,(H,21,22). The van der Waals surface area contributed by atoms with Crippen LogP contribution in [0.1, 0.15) is 35.7 Å². The van der Waals surface area contributed by atoms with Gasteiger partial charge in [0.15, 0.2) is 5.75 Å². The van der Waals surface area contributed by atoms with E-state index in [1.165, 1.54) is 12.7 Å². The van der Waals surface area contributed by atoms with Crippen LogP contribution in [0.25, 0.3) is 0 Å². The highest BCUT2D eigenvalue weighted by Gasteiger charge is 2.19. The third-order valence-corrected chi connectivity index (χ3v) is 4.13. The van der Waals surface area contributed by atoms with Crippen LogP contribution in [-0.2, 0) is 6.42 Å². The number of ether oxygens (including phenoxy) is 1. The summed E-state index contributed by atoms with van der Waals surface area (Å²) in [5.74, 6) is -0.0770. The van der Waals surface area contributed by atoms with Crippen molar-refractivity contribution in [2.24, 2.45) is 0 Å². The maximum atomic E-state index is 12.5. The Morgan fingerprint density at radius 2 is 1.74 bits per heavy atom. The van der Waals surface area contributed by atoms with Crippen LogP contribution >= 0.6 is 23.2 Å². The molecule has 2 aromatic carbocycles. The highest BCUT2D eigenvalue weighted by Crippen LogP contribution is 2.34. The number of methoxy groups -OCH3 is 1. The van der Waals surface area contributed by atoms with Crippen LogP contribution in [0.15, 0.2) is 36.4 Å². The summed E-state index contributed by atoms with van der Waals surface area (Å²) in [5.41, 5.74) is 2.19. The molecule has 0 heterocycles. The first-order valence-electron chi connectivity index (χ1n) is 7.49. The summed E-state index contributed by atoms with van der Waals surface area (Å²) in [7, 11) is 1.46. The van der Waals surface area contributed by atoms with Gasteiger partial charge in [0, 0.05) is 5.69 Å². The highest BCUT2D eigenvalue weighted by molar-refractivity contribution is 6.37. The number of rotatable bonds is 6. The molecular weight excluding hydrogens is 333 g/mol. The molecule has 0 saturated carbocycles. The maximum absolute atomic E-state index is 12.5. The zero-order chi connectivity index (χ0) is 16.8. The molecule has 2 rings (SSSR count). The second kappa shape index (κ2) is 8.23. The Balaban J connectivity index is 2.18. The highest BCUT2D eigenvalue weighted by atomic mass is 35.5. The molecule has 0 aliphatic heterocycles. The molecule has 0 aliphatic carbocycles. The summed E-state index contributed by atoms with van der Waals surface area (Å²) in [5, 5.41) is 3.46. The van der Waals surface area contributed by atoms with Gasteiger partial charge in [-0.15, -0.1) is 0 Å². The number of aryl methyl sites for hydroxylation is 1. The summed E-state index contributed by atoms with van der Waals surface area (Å²) in [6.07, 6.45) is 3.35. The molecular formula is C18H19Cl2NO2. The van der Waals surface area contributed by atoms with Crippen LogP contribution in [0.5, 0.6) is 5.75 Å². The second-order valence-electron chi connectivity index (χ2n) is 5.19. The first kappa shape index (κ1) is 17.6. The lowest BCUT2D eigenvalue weighted by molar-refractivity contribution is 0.102. The number of carbonyl (C=O) groups excluding carboxylic acids is 1. The van der Waals surface area contributed by atoms with E-state index >= 15 is 0 Å². The Hall–Kier alpha value is -1.71. The first-order chi connectivity index (χ1) is 11.1. The zero-order valence-electron chi connectivity index (χ0n) is 13.2. The summed E-state index contributed by atoms with van der Waals surface area (Å²) in [6.45, 7) is 2.16. The number of nitrogens with one attached hydrogen (secondary N) is 1. The van der Waals surface area contributed by atoms with E-state index in [0.29, 0.717) is 15.7 Å². The van der Waals surface area contributed by atoms with Crippen LogP contribution in [0.4, 0.5) is 5.69 Å². The van der Waals surface area contributed by atoms with Crippen molar-refractivity contribution in [2.75, 3.05) is 12.4 Å². The van der Waals surface area contributed by atoms with E-state index in [-0.39, 0.29) is 17.2 Å². The molecule has 5 heteroatoms. The Morgan fingerprint density at radius 1 is 1.09 bits per heavy atom. The largest absolute Gasteiger partial charge is 0.494 e. The van der Waals surface area contributed by atoms with E-state index in [0.717, 1.165) is 19.3 Å². The second-order valence-corrected chi connectivity index (χ2v) is 6.01. The number of halogens is 2. The third kappa shape index (κ3) is 4.40. The average molecular weight is 352 g/mol. The molecule has 1 N–H and O–H groups in total. The SMILES string of the molecule is CCCCc1ccc(NC(=O)c2c(Cl)ccc(Cl)c2OC)cc1. The van der Waals surface area contributed by atoms with Crippen molar-refractivity contribution in [1.29, 1.82) is 0 Å². The minimum Gasteiger partial charge on any atom is -0.494 e. The third-order valence-electron chi connectivity index (χ3n) is 3.52. The summed E-state index contributed by atoms with van der Waals surface area (Å²) in [6, 6.07) is 11.0. The Kier molecular flexibility index (Phi) is 6.31. The van der Waals surface area contributed by atoms with E-state index in [4.69, 9.17) is 27.9 Å². The molecule has 2 aromatic rings. The summed E-state index contributed by atoms with van der Waals surface area (Å²) >= 11 is 12.2. The predicted molar refractivity (Wildman–Crippen MR) is 96.0 cm³/mol. The fourth-order valence-electron chi connectivity index (χ4n) is 2.27. The normalized spacial score (nSPS) is 10.4. The molecule has 1 amide bonds. The molecule has 0 unspecified atom stereocenters. The van der Waals surface area contributed by atoms with Crippen molar-refractivity contribution in [2.45, 2.75) is 26.2 Å². The quantitative estimate of drug-likeness (QED) is 0.735. The molecule has 0 radical (unpaired) electrons. The number of unbranched alkanes of at least 4 members (excludes halogenated alkanes) is 1. The Bertz CT molecular complexity index is 684. The zero-order valence-corrected chi connectivity index (χ0v) is 14.7. The lowest BCUT2D eigenvalue weighted by Crippen LogP contribution is -2.14. The van der Waals surface area contributed by atoms with Crippen molar-refractivity contribution in [3.63, 3.8) is 0 Å². The number of benzene rings is 2. The van der Waals surface area contributed by atoms with Crippen LogP contribution in [0.2, 0.25) is 10.0 Å². The van der Waals surface area contributed by atoms with Gasteiger partial charge in [-0.3, -0.25) is 4.79 Å². The lowest BCUT2D eigenvalue weighted by Gasteiger charge is -2.12. The number of amides is 1. The molecule has 0 aliphatic rings. The van der Waals surface area contributed by atoms with Gasteiger partial charge >= 0.3 is 0 Å². The van der Waals surface area contributed by atoms with E-state index in [1.54, 1.807) is 12.1 Å². The molecule has 3 nitrogen and oxygen atoms in total. The summed E-state index contributed by atoms with van der Waals surface area (Å²) in [4.78, 5) is 12.5. The van der Waals surface area contributed by atoms with E-state index in [9.17, 15) is 4.79 Å². The average Bonchev–Trinajstić information content (AvgIpc) is 2.55. The maximum Gasteiger partial charge on any atom is 0.261 e. The van der Waals surface area contributed by atoms with Crippen LogP contribution < -0.4 is 10.1 Å². The molecule has 0 fully saturated rings. The number of hydrogen-bond donors (Lipinski definition) is 1. The fraction of sp³-hybridized carbons (Fsp3) is 0.278. The number of anilines is 1. The van der Waals surface area contributed by atoms with E-state index < -0.39 is 0 Å².